The summed E-state index contributed by atoms with van der Waals surface area (Å²) in [4.78, 5) is 12.0. The number of carbonyl (C=O) groups excluding carboxylic acids is 1. The van der Waals surface area contributed by atoms with Gasteiger partial charge in [0.05, 0.1) is 11.0 Å². The Balaban J connectivity index is 1.65. The first-order valence-electron chi connectivity index (χ1n) is 9.30. The highest BCUT2D eigenvalue weighted by atomic mass is 32.2. The van der Waals surface area contributed by atoms with E-state index in [9.17, 15) is 22.0 Å². The second-order valence-electron chi connectivity index (χ2n) is 6.90. The molecule has 2 N–H and O–H groups in total. The van der Waals surface area contributed by atoms with Crippen molar-refractivity contribution in [1.29, 1.82) is 0 Å². The van der Waals surface area contributed by atoms with Gasteiger partial charge >= 0.3 is 0 Å². The molecule has 31 heavy (non-hydrogen) atoms. The van der Waals surface area contributed by atoms with E-state index in [0.29, 0.717) is 23.1 Å². The SMILES string of the molecule is CC(C)Oc1ccc(C(=O)Nc2ccc(NS(=O)(=O)c3ccc(F)c(F)c3)cc2)cc1. The third-order valence-electron chi connectivity index (χ3n) is 4.08. The van der Waals surface area contributed by atoms with Crippen molar-refractivity contribution < 1.29 is 26.7 Å². The van der Waals surface area contributed by atoms with Gasteiger partial charge in [0.2, 0.25) is 0 Å². The van der Waals surface area contributed by atoms with E-state index in [4.69, 9.17) is 4.74 Å². The van der Waals surface area contributed by atoms with Crippen molar-refractivity contribution in [2.45, 2.75) is 24.8 Å². The Morgan fingerprint density at radius 3 is 2.06 bits per heavy atom. The lowest BCUT2D eigenvalue weighted by Crippen LogP contribution is -2.14. The number of amides is 1. The minimum absolute atomic E-state index is 0.0256. The maximum absolute atomic E-state index is 13.3. The smallest absolute Gasteiger partial charge is 0.261 e. The summed E-state index contributed by atoms with van der Waals surface area (Å²) < 4.78 is 58.8. The highest BCUT2D eigenvalue weighted by Gasteiger charge is 2.17. The van der Waals surface area contributed by atoms with E-state index >= 15 is 0 Å². The number of anilines is 2. The zero-order chi connectivity index (χ0) is 22.6. The summed E-state index contributed by atoms with van der Waals surface area (Å²) >= 11 is 0. The van der Waals surface area contributed by atoms with Gasteiger partial charge in [-0.3, -0.25) is 9.52 Å². The molecule has 0 aliphatic carbocycles. The maximum Gasteiger partial charge on any atom is 0.261 e. The standard InChI is InChI=1S/C22H20F2N2O4S/c1-14(2)30-18-9-3-15(4-10-18)22(27)25-16-5-7-17(8-6-16)26-31(28,29)19-11-12-20(23)21(24)13-19/h3-14,26H,1-2H3,(H,25,27). The number of halogens is 2. The minimum Gasteiger partial charge on any atom is -0.491 e. The average molecular weight is 446 g/mol. The number of rotatable bonds is 7. The first-order valence-corrected chi connectivity index (χ1v) is 10.8. The fourth-order valence-electron chi connectivity index (χ4n) is 2.64. The van der Waals surface area contributed by atoms with Crippen LogP contribution in [0.1, 0.15) is 24.2 Å². The van der Waals surface area contributed by atoms with Gasteiger partial charge in [-0.25, -0.2) is 17.2 Å². The Bertz CT molecular complexity index is 1180. The summed E-state index contributed by atoms with van der Waals surface area (Å²) in [6.45, 7) is 3.81. The van der Waals surface area contributed by atoms with Crippen LogP contribution in [0.3, 0.4) is 0 Å². The summed E-state index contributed by atoms with van der Waals surface area (Å²) in [5.41, 5.74) is 1.07. The van der Waals surface area contributed by atoms with E-state index in [-0.39, 0.29) is 17.7 Å². The fraction of sp³-hybridized carbons (Fsp3) is 0.136. The predicted octanol–water partition coefficient (Wildman–Crippen LogP) is 4.81. The van der Waals surface area contributed by atoms with Crippen LogP contribution < -0.4 is 14.8 Å². The lowest BCUT2D eigenvalue weighted by Gasteiger charge is -2.11. The maximum atomic E-state index is 13.3. The van der Waals surface area contributed by atoms with Gasteiger partial charge in [0, 0.05) is 16.9 Å². The molecule has 9 heteroatoms. The average Bonchev–Trinajstić information content (AvgIpc) is 2.71. The molecule has 0 aliphatic rings. The molecule has 0 saturated carbocycles. The van der Waals surface area contributed by atoms with Crippen molar-refractivity contribution in [3.63, 3.8) is 0 Å². The molecule has 0 fully saturated rings. The third-order valence-corrected chi connectivity index (χ3v) is 5.46. The summed E-state index contributed by atoms with van der Waals surface area (Å²) in [7, 11) is -4.10. The third kappa shape index (κ3) is 5.79. The number of carbonyl (C=O) groups is 1. The fourth-order valence-corrected chi connectivity index (χ4v) is 3.71. The van der Waals surface area contributed by atoms with Gasteiger partial charge in [-0.15, -0.1) is 0 Å². The number of nitrogens with one attached hydrogen (secondary N) is 2. The van der Waals surface area contributed by atoms with Crippen molar-refractivity contribution in [3.05, 3.63) is 83.9 Å². The van der Waals surface area contributed by atoms with Crippen LogP contribution in [0.25, 0.3) is 0 Å². The lowest BCUT2D eigenvalue weighted by molar-refractivity contribution is 0.102. The molecule has 0 radical (unpaired) electrons. The second kappa shape index (κ2) is 9.13. The predicted molar refractivity (Wildman–Crippen MR) is 114 cm³/mol. The molecule has 0 spiro atoms. The van der Waals surface area contributed by atoms with E-state index in [1.165, 1.54) is 24.3 Å². The normalized spacial score (nSPS) is 11.3. The Morgan fingerprint density at radius 2 is 1.48 bits per heavy atom. The highest BCUT2D eigenvalue weighted by Crippen LogP contribution is 2.21. The molecular weight excluding hydrogens is 426 g/mol. The second-order valence-corrected chi connectivity index (χ2v) is 8.59. The summed E-state index contributed by atoms with van der Waals surface area (Å²) in [6, 6.07) is 14.9. The van der Waals surface area contributed by atoms with E-state index in [2.05, 4.69) is 10.0 Å². The molecule has 3 aromatic carbocycles. The van der Waals surface area contributed by atoms with Crippen LogP contribution >= 0.6 is 0 Å². The van der Waals surface area contributed by atoms with Crippen molar-refractivity contribution in [2.75, 3.05) is 10.0 Å². The van der Waals surface area contributed by atoms with Crippen LogP contribution in [-0.2, 0) is 10.0 Å². The molecule has 0 aliphatic heterocycles. The first kappa shape index (κ1) is 22.2. The van der Waals surface area contributed by atoms with Crippen molar-refractivity contribution in [2.24, 2.45) is 0 Å². The van der Waals surface area contributed by atoms with Gasteiger partial charge in [0.1, 0.15) is 5.75 Å². The van der Waals surface area contributed by atoms with Gasteiger partial charge in [-0.1, -0.05) is 0 Å². The van der Waals surface area contributed by atoms with Crippen LogP contribution in [0.15, 0.2) is 71.6 Å². The quantitative estimate of drug-likeness (QED) is 0.546. The highest BCUT2D eigenvalue weighted by molar-refractivity contribution is 7.92. The monoisotopic (exact) mass is 446 g/mol. The first-order chi connectivity index (χ1) is 14.6. The van der Waals surface area contributed by atoms with E-state index < -0.39 is 26.6 Å². The van der Waals surface area contributed by atoms with Gasteiger partial charge in [0.15, 0.2) is 11.6 Å². The van der Waals surface area contributed by atoms with Gasteiger partial charge in [-0.05, 0) is 80.6 Å². The van der Waals surface area contributed by atoms with E-state index in [0.717, 1.165) is 12.1 Å². The summed E-state index contributed by atoms with van der Waals surface area (Å²) in [6.07, 6.45) is 0.0256. The molecular formula is C22H20F2N2O4S. The Morgan fingerprint density at radius 1 is 0.871 bits per heavy atom. The summed E-state index contributed by atoms with van der Waals surface area (Å²) in [5, 5.41) is 2.71. The molecule has 3 rings (SSSR count). The number of benzene rings is 3. The molecule has 3 aromatic rings. The number of ether oxygens (including phenoxy) is 1. The molecule has 0 atom stereocenters. The molecule has 0 bridgehead atoms. The largest absolute Gasteiger partial charge is 0.491 e. The molecule has 0 aromatic heterocycles. The number of hydrogen-bond donors (Lipinski definition) is 2. The zero-order valence-corrected chi connectivity index (χ0v) is 17.5. The van der Waals surface area contributed by atoms with Crippen molar-refractivity contribution >= 4 is 27.3 Å². The van der Waals surface area contributed by atoms with E-state index in [1.807, 2.05) is 13.8 Å². The van der Waals surface area contributed by atoms with Crippen LogP contribution in [0.2, 0.25) is 0 Å². The Hall–Kier alpha value is -3.46. The number of hydrogen-bond acceptors (Lipinski definition) is 4. The molecule has 1 amide bonds. The number of sulfonamides is 1. The zero-order valence-electron chi connectivity index (χ0n) is 16.7. The van der Waals surface area contributed by atoms with Crippen LogP contribution in [0.5, 0.6) is 5.75 Å². The van der Waals surface area contributed by atoms with E-state index in [1.54, 1.807) is 24.3 Å². The topological polar surface area (TPSA) is 84.5 Å². The van der Waals surface area contributed by atoms with Crippen molar-refractivity contribution in [1.82, 2.24) is 0 Å². The molecule has 0 heterocycles. The van der Waals surface area contributed by atoms with Gasteiger partial charge < -0.3 is 10.1 Å². The van der Waals surface area contributed by atoms with Crippen LogP contribution in [0.4, 0.5) is 20.2 Å². The lowest BCUT2D eigenvalue weighted by atomic mass is 10.2. The molecule has 6 nitrogen and oxygen atoms in total. The van der Waals surface area contributed by atoms with Crippen molar-refractivity contribution in [3.8, 4) is 5.75 Å². The Labute approximate surface area is 178 Å². The minimum atomic E-state index is -4.10. The van der Waals surface area contributed by atoms with Crippen LogP contribution in [0, 0.1) is 11.6 Å². The molecule has 0 saturated heterocycles. The molecule has 0 unspecified atom stereocenters. The van der Waals surface area contributed by atoms with Gasteiger partial charge in [-0.2, -0.15) is 0 Å². The molecule has 162 valence electrons. The Kier molecular flexibility index (Phi) is 6.55. The van der Waals surface area contributed by atoms with Crippen LogP contribution in [-0.4, -0.2) is 20.4 Å². The van der Waals surface area contributed by atoms with Gasteiger partial charge in [0.25, 0.3) is 15.9 Å². The summed E-state index contributed by atoms with van der Waals surface area (Å²) in [5.74, 6) is -2.08.